The second-order valence-electron chi connectivity index (χ2n) is 7.52. The third-order valence-electron chi connectivity index (χ3n) is 5.60. The molecule has 1 saturated heterocycles. The number of hydrogen-bond acceptors (Lipinski definition) is 6. The summed E-state index contributed by atoms with van der Waals surface area (Å²) in [4.78, 5) is 25.5. The van der Waals surface area contributed by atoms with Crippen molar-refractivity contribution >= 4 is 11.8 Å². The maximum Gasteiger partial charge on any atom is 0.323 e. The van der Waals surface area contributed by atoms with Crippen molar-refractivity contribution in [3.05, 3.63) is 71.8 Å². The van der Waals surface area contributed by atoms with E-state index in [1.807, 2.05) is 60.7 Å². The fourth-order valence-corrected chi connectivity index (χ4v) is 4.27. The van der Waals surface area contributed by atoms with Gasteiger partial charge >= 0.3 is 5.97 Å². The van der Waals surface area contributed by atoms with Crippen molar-refractivity contribution in [1.29, 1.82) is 0 Å². The van der Waals surface area contributed by atoms with Crippen LogP contribution < -0.4 is 5.32 Å². The predicted molar refractivity (Wildman–Crippen MR) is 113 cm³/mol. The first-order chi connectivity index (χ1) is 14.6. The van der Waals surface area contributed by atoms with Gasteiger partial charge < -0.3 is 14.6 Å². The van der Waals surface area contributed by atoms with Crippen molar-refractivity contribution in [3.8, 4) is 0 Å². The van der Waals surface area contributed by atoms with Crippen molar-refractivity contribution in [1.82, 2.24) is 5.32 Å². The number of aliphatic hydroxyl groups excluding tert-OH is 1. The summed E-state index contributed by atoms with van der Waals surface area (Å²) in [5.41, 5.74) is 1.86. The molecule has 6 nitrogen and oxygen atoms in total. The lowest BCUT2D eigenvalue weighted by atomic mass is 9.79. The minimum absolute atomic E-state index is 0.0603. The maximum absolute atomic E-state index is 12.8. The summed E-state index contributed by atoms with van der Waals surface area (Å²) in [7, 11) is 0. The molecule has 2 aromatic rings. The van der Waals surface area contributed by atoms with E-state index < -0.39 is 30.0 Å². The van der Waals surface area contributed by atoms with Crippen LogP contribution in [-0.4, -0.2) is 42.2 Å². The Balaban J connectivity index is 1.92. The molecule has 0 spiro atoms. The molecule has 6 heteroatoms. The molecule has 0 radical (unpaired) electrons. The van der Waals surface area contributed by atoms with E-state index in [4.69, 9.17) is 9.47 Å². The third kappa shape index (κ3) is 4.95. The molecule has 1 fully saturated rings. The van der Waals surface area contributed by atoms with E-state index in [1.165, 1.54) is 6.92 Å². The quantitative estimate of drug-likeness (QED) is 0.617. The van der Waals surface area contributed by atoms with E-state index in [1.54, 1.807) is 6.92 Å². The number of aliphatic hydroxyl groups is 1. The lowest BCUT2D eigenvalue weighted by Gasteiger charge is -2.30. The summed E-state index contributed by atoms with van der Waals surface area (Å²) >= 11 is 0. The average molecular weight is 411 g/mol. The zero-order valence-electron chi connectivity index (χ0n) is 17.4. The molecule has 5 atom stereocenters. The lowest BCUT2D eigenvalue weighted by molar-refractivity contribution is -0.149. The fourth-order valence-electron chi connectivity index (χ4n) is 4.27. The van der Waals surface area contributed by atoms with E-state index in [0.29, 0.717) is 0 Å². The van der Waals surface area contributed by atoms with Crippen molar-refractivity contribution in [2.75, 3.05) is 13.2 Å². The van der Waals surface area contributed by atoms with Crippen molar-refractivity contribution in [3.63, 3.8) is 0 Å². The largest absolute Gasteiger partial charge is 0.465 e. The Hall–Kier alpha value is -2.54. The van der Waals surface area contributed by atoms with Gasteiger partial charge in [0.25, 0.3) is 0 Å². The van der Waals surface area contributed by atoms with Crippen LogP contribution in [0.1, 0.15) is 31.0 Å². The molecule has 160 valence electrons. The van der Waals surface area contributed by atoms with Gasteiger partial charge in [0.15, 0.2) is 0 Å². The third-order valence-corrected chi connectivity index (χ3v) is 5.60. The van der Waals surface area contributed by atoms with Gasteiger partial charge in [-0.3, -0.25) is 14.9 Å². The molecule has 1 aliphatic rings. The monoisotopic (exact) mass is 411 g/mol. The van der Waals surface area contributed by atoms with Crippen molar-refractivity contribution in [2.45, 2.75) is 38.6 Å². The van der Waals surface area contributed by atoms with Gasteiger partial charge in [0.1, 0.15) is 11.8 Å². The summed E-state index contributed by atoms with van der Waals surface area (Å²) in [6.45, 7) is 3.47. The molecule has 0 saturated carbocycles. The molecule has 3 rings (SSSR count). The van der Waals surface area contributed by atoms with Crippen LogP contribution in [0, 0.1) is 11.8 Å². The molecule has 0 bridgehead atoms. The fraction of sp³-hybridized carbons (Fsp3) is 0.417. The van der Waals surface area contributed by atoms with Crippen molar-refractivity contribution < 1.29 is 24.2 Å². The molecule has 1 aliphatic heterocycles. The van der Waals surface area contributed by atoms with Gasteiger partial charge in [-0.1, -0.05) is 60.7 Å². The van der Waals surface area contributed by atoms with Crippen LogP contribution in [-0.2, 0) is 25.7 Å². The highest BCUT2D eigenvalue weighted by Gasteiger charge is 2.52. The maximum atomic E-state index is 12.8. The van der Waals surface area contributed by atoms with Crippen LogP contribution in [0.4, 0.5) is 0 Å². The van der Waals surface area contributed by atoms with E-state index in [9.17, 15) is 14.7 Å². The minimum atomic E-state index is -0.753. The van der Waals surface area contributed by atoms with Crippen LogP contribution in [0.5, 0.6) is 0 Å². The molecule has 0 aromatic heterocycles. The Bertz CT molecular complexity index is 826. The topological polar surface area (TPSA) is 84.9 Å². The van der Waals surface area contributed by atoms with Gasteiger partial charge in [-0.05, 0) is 25.0 Å². The highest BCUT2D eigenvalue weighted by atomic mass is 16.5. The van der Waals surface area contributed by atoms with Crippen LogP contribution in [0.15, 0.2) is 60.7 Å². The molecular formula is C24H29NO5. The summed E-state index contributed by atoms with van der Waals surface area (Å²) in [6.07, 6.45) is -0.699. The van der Waals surface area contributed by atoms with Gasteiger partial charge in [-0.15, -0.1) is 0 Å². The number of hydrogen-bond donors (Lipinski definition) is 2. The van der Waals surface area contributed by atoms with E-state index in [-0.39, 0.29) is 31.6 Å². The SMILES string of the molecule is CCOC(=O)[C@@H]1N[C@H](c2ccccc2)[C@H](C(C)=O)[C@H]1[C@@H](CO)OCc1ccccc1. The first kappa shape index (κ1) is 22.2. The molecule has 0 amide bonds. The Morgan fingerprint density at radius 3 is 2.27 bits per heavy atom. The molecule has 1 heterocycles. The summed E-state index contributed by atoms with van der Waals surface area (Å²) in [5.74, 6) is -1.58. The van der Waals surface area contributed by atoms with Crippen LogP contribution in [0.3, 0.4) is 0 Å². The zero-order valence-corrected chi connectivity index (χ0v) is 17.4. The zero-order chi connectivity index (χ0) is 21.5. The van der Waals surface area contributed by atoms with Crippen LogP contribution in [0.2, 0.25) is 0 Å². The first-order valence-corrected chi connectivity index (χ1v) is 10.3. The average Bonchev–Trinajstić information content (AvgIpc) is 3.17. The number of Topliss-reactive ketones (excluding diaryl/α,β-unsaturated/α-hetero) is 1. The van der Waals surface area contributed by atoms with Gasteiger partial charge in [0.05, 0.1) is 25.9 Å². The van der Waals surface area contributed by atoms with Crippen LogP contribution in [0.25, 0.3) is 0 Å². The highest BCUT2D eigenvalue weighted by molar-refractivity contribution is 5.84. The van der Waals surface area contributed by atoms with Gasteiger partial charge in [-0.2, -0.15) is 0 Å². The summed E-state index contributed by atoms with van der Waals surface area (Å²) < 4.78 is 11.3. The highest BCUT2D eigenvalue weighted by Crippen LogP contribution is 2.41. The Kier molecular flexibility index (Phi) is 7.74. The van der Waals surface area contributed by atoms with Crippen molar-refractivity contribution in [2.24, 2.45) is 11.8 Å². The second kappa shape index (κ2) is 10.5. The summed E-state index contributed by atoms with van der Waals surface area (Å²) in [5, 5.41) is 13.4. The lowest BCUT2D eigenvalue weighted by Crippen LogP contribution is -2.45. The first-order valence-electron chi connectivity index (χ1n) is 10.3. The molecule has 0 unspecified atom stereocenters. The number of esters is 1. The molecule has 0 aliphatic carbocycles. The number of carbonyl (C=O) groups is 2. The predicted octanol–water partition coefficient (Wildman–Crippen LogP) is 2.66. The Labute approximate surface area is 177 Å². The number of ether oxygens (including phenoxy) is 2. The molecule has 2 N–H and O–H groups in total. The molecule has 2 aromatic carbocycles. The Morgan fingerprint density at radius 2 is 1.70 bits per heavy atom. The molecular weight excluding hydrogens is 382 g/mol. The molecule has 30 heavy (non-hydrogen) atoms. The Morgan fingerprint density at radius 1 is 1.07 bits per heavy atom. The van der Waals surface area contributed by atoms with Crippen LogP contribution >= 0.6 is 0 Å². The smallest absolute Gasteiger partial charge is 0.323 e. The normalized spacial score (nSPS) is 24.4. The van der Waals surface area contributed by atoms with E-state index in [0.717, 1.165) is 11.1 Å². The number of ketones is 1. The van der Waals surface area contributed by atoms with Gasteiger partial charge in [-0.25, -0.2) is 0 Å². The number of benzene rings is 2. The van der Waals surface area contributed by atoms with E-state index in [2.05, 4.69) is 5.32 Å². The van der Waals surface area contributed by atoms with Gasteiger partial charge in [0, 0.05) is 17.9 Å². The van der Waals surface area contributed by atoms with E-state index >= 15 is 0 Å². The minimum Gasteiger partial charge on any atom is -0.465 e. The second-order valence-corrected chi connectivity index (χ2v) is 7.52. The number of carbonyl (C=O) groups excluding carboxylic acids is 2. The number of nitrogens with one attached hydrogen (secondary N) is 1. The summed E-state index contributed by atoms with van der Waals surface area (Å²) in [6, 6.07) is 18.0. The standard InChI is InChI=1S/C24H29NO5/c1-3-29-24(28)23-21(19(14-26)30-15-17-10-6-4-7-11-17)20(16(2)27)22(25-23)18-12-8-5-9-13-18/h4-13,19-23,25-26H,3,14-15H2,1-2H3/t19-,20-,21-,22-,23-/m1/s1. The van der Waals surface area contributed by atoms with Gasteiger partial charge in [0.2, 0.25) is 0 Å². The number of rotatable bonds is 9.